The highest BCUT2D eigenvalue weighted by Gasteiger charge is 2.40. The first-order valence-electron chi connectivity index (χ1n) is 7.90. The molecule has 0 bridgehead atoms. The summed E-state index contributed by atoms with van der Waals surface area (Å²) in [6.07, 6.45) is 10.3. The van der Waals surface area contributed by atoms with E-state index in [4.69, 9.17) is 0 Å². The summed E-state index contributed by atoms with van der Waals surface area (Å²) in [5.41, 5.74) is 7.32. The monoisotopic (exact) mass is 276 g/mol. The Bertz CT molecular complexity index is 665. The molecule has 0 heterocycles. The molecule has 0 saturated carbocycles. The average Bonchev–Trinajstić information content (AvgIpc) is 2.74. The van der Waals surface area contributed by atoms with Crippen molar-refractivity contribution in [2.75, 3.05) is 0 Å². The van der Waals surface area contributed by atoms with E-state index in [1.165, 1.54) is 27.9 Å². The zero-order valence-corrected chi connectivity index (χ0v) is 13.5. The molecule has 1 aromatic rings. The molecule has 3 rings (SSSR count). The Morgan fingerprint density at radius 1 is 1.10 bits per heavy atom. The Labute approximate surface area is 128 Å². The lowest BCUT2D eigenvalue weighted by Gasteiger charge is -2.34. The molecule has 1 atom stereocenters. The second-order valence-electron chi connectivity index (χ2n) is 6.76. The summed E-state index contributed by atoms with van der Waals surface area (Å²) >= 11 is 0. The fraction of sp³-hybridized carbons (Fsp3) is 0.333. The van der Waals surface area contributed by atoms with Gasteiger partial charge in [-0.1, -0.05) is 75.4 Å². The standard InChI is InChI=1S/C21H24/c1-15(2)21(4)14-13-18-16(3)9-8-12-19(20(18)21)17-10-6-5-7-11-17/h5-13,15H,14H2,1-4H3. The van der Waals surface area contributed by atoms with Gasteiger partial charge < -0.3 is 0 Å². The normalized spacial score (nSPS) is 24.8. The average molecular weight is 276 g/mol. The Kier molecular flexibility index (Phi) is 3.49. The van der Waals surface area contributed by atoms with Crippen molar-refractivity contribution in [1.82, 2.24) is 0 Å². The van der Waals surface area contributed by atoms with E-state index >= 15 is 0 Å². The topological polar surface area (TPSA) is 0 Å². The van der Waals surface area contributed by atoms with Crippen molar-refractivity contribution in [2.45, 2.75) is 34.1 Å². The third kappa shape index (κ3) is 2.23. The highest BCUT2D eigenvalue weighted by atomic mass is 14.4. The van der Waals surface area contributed by atoms with Crippen LogP contribution in [-0.4, -0.2) is 0 Å². The van der Waals surface area contributed by atoms with Gasteiger partial charge in [-0.2, -0.15) is 0 Å². The minimum atomic E-state index is 0.226. The summed E-state index contributed by atoms with van der Waals surface area (Å²) < 4.78 is 0. The van der Waals surface area contributed by atoms with Crippen LogP contribution >= 0.6 is 0 Å². The Morgan fingerprint density at radius 3 is 2.48 bits per heavy atom. The van der Waals surface area contributed by atoms with Gasteiger partial charge in [-0.25, -0.2) is 0 Å². The minimum Gasteiger partial charge on any atom is -0.0758 e. The molecule has 0 amide bonds. The van der Waals surface area contributed by atoms with Crippen LogP contribution in [0.1, 0.15) is 39.7 Å². The molecule has 0 spiro atoms. The highest BCUT2D eigenvalue weighted by Crippen LogP contribution is 2.53. The maximum atomic E-state index is 2.44. The van der Waals surface area contributed by atoms with E-state index in [9.17, 15) is 0 Å². The van der Waals surface area contributed by atoms with Crippen molar-refractivity contribution >= 4 is 5.57 Å². The molecule has 2 aliphatic carbocycles. The third-order valence-corrected chi connectivity index (χ3v) is 5.23. The van der Waals surface area contributed by atoms with E-state index in [1.807, 2.05) is 0 Å². The lowest BCUT2D eigenvalue weighted by Crippen LogP contribution is -2.23. The molecule has 0 aromatic heterocycles. The zero-order chi connectivity index (χ0) is 15.0. The summed E-state index contributed by atoms with van der Waals surface area (Å²) in [6, 6.07) is 10.8. The lowest BCUT2D eigenvalue weighted by atomic mass is 9.70. The van der Waals surface area contributed by atoms with Crippen LogP contribution in [0, 0.1) is 11.3 Å². The molecule has 2 aliphatic rings. The molecule has 0 radical (unpaired) electrons. The second kappa shape index (κ2) is 5.18. The van der Waals surface area contributed by atoms with Crippen molar-refractivity contribution in [1.29, 1.82) is 0 Å². The van der Waals surface area contributed by atoms with Crippen LogP contribution in [0.15, 0.2) is 71.4 Å². The van der Waals surface area contributed by atoms with Crippen LogP contribution < -0.4 is 0 Å². The first-order valence-corrected chi connectivity index (χ1v) is 7.90. The molecule has 0 nitrogen and oxygen atoms in total. The Hall–Kier alpha value is -1.82. The van der Waals surface area contributed by atoms with Gasteiger partial charge in [-0.15, -0.1) is 0 Å². The van der Waals surface area contributed by atoms with Gasteiger partial charge in [0, 0.05) is 0 Å². The summed E-state index contributed by atoms with van der Waals surface area (Å²) in [4.78, 5) is 0. The van der Waals surface area contributed by atoms with Crippen molar-refractivity contribution in [2.24, 2.45) is 11.3 Å². The molecule has 108 valence electrons. The predicted octanol–water partition coefficient (Wildman–Crippen LogP) is 5.95. The van der Waals surface area contributed by atoms with E-state index in [-0.39, 0.29) is 5.41 Å². The van der Waals surface area contributed by atoms with E-state index in [1.54, 1.807) is 0 Å². The van der Waals surface area contributed by atoms with Gasteiger partial charge in [0.1, 0.15) is 0 Å². The molecular formula is C21H24. The molecule has 0 fully saturated rings. The van der Waals surface area contributed by atoms with Crippen LogP contribution in [0.3, 0.4) is 0 Å². The van der Waals surface area contributed by atoms with Crippen molar-refractivity contribution in [3.63, 3.8) is 0 Å². The Balaban J connectivity index is 2.27. The third-order valence-electron chi connectivity index (χ3n) is 5.23. The maximum Gasteiger partial charge on any atom is -0.000547 e. The van der Waals surface area contributed by atoms with Gasteiger partial charge in [0.05, 0.1) is 0 Å². The van der Waals surface area contributed by atoms with E-state index < -0.39 is 0 Å². The van der Waals surface area contributed by atoms with Gasteiger partial charge in [-0.3, -0.25) is 0 Å². The molecule has 0 saturated heterocycles. The van der Waals surface area contributed by atoms with Crippen molar-refractivity contribution < 1.29 is 0 Å². The van der Waals surface area contributed by atoms with Gasteiger partial charge in [-0.05, 0) is 52.5 Å². The highest BCUT2D eigenvalue weighted by molar-refractivity contribution is 5.84. The number of hydrogen-bond donors (Lipinski definition) is 0. The second-order valence-corrected chi connectivity index (χ2v) is 6.76. The van der Waals surface area contributed by atoms with E-state index in [2.05, 4.69) is 82.3 Å². The maximum absolute atomic E-state index is 2.44. The zero-order valence-electron chi connectivity index (χ0n) is 13.5. The number of hydrogen-bond acceptors (Lipinski definition) is 0. The minimum absolute atomic E-state index is 0.226. The number of allylic oxidation sites excluding steroid dienone is 8. The summed E-state index contributed by atoms with van der Waals surface area (Å²) in [5, 5.41) is 0. The van der Waals surface area contributed by atoms with Crippen molar-refractivity contribution in [3.05, 3.63) is 76.9 Å². The molecule has 0 heteroatoms. The van der Waals surface area contributed by atoms with Gasteiger partial charge in [0.25, 0.3) is 0 Å². The summed E-state index contributed by atoms with van der Waals surface area (Å²) in [7, 11) is 0. The molecule has 0 N–H and O–H groups in total. The molecule has 1 unspecified atom stereocenters. The van der Waals surface area contributed by atoms with Crippen LogP contribution in [0.5, 0.6) is 0 Å². The van der Waals surface area contributed by atoms with Crippen LogP contribution in [0.2, 0.25) is 0 Å². The van der Waals surface area contributed by atoms with Gasteiger partial charge in [0.2, 0.25) is 0 Å². The smallest absolute Gasteiger partial charge is 0.000547 e. The van der Waals surface area contributed by atoms with Crippen LogP contribution in [0.4, 0.5) is 0 Å². The summed E-state index contributed by atoms with van der Waals surface area (Å²) in [5.74, 6) is 0.624. The first kappa shape index (κ1) is 14.1. The molecular weight excluding hydrogens is 252 g/mol. The number of benzene rings is 1. The van der Waals surface area contributed by atoms with Gasteiger partial charge in [0.15, 0.2) is 0 Å². The van der Waals surface area contributed by atoms with E-state index in [0.29, 0.717) is 5.92 Å². The van der Waals surface area contributed by atoms with Gasteiger partial charge >= 0.3 is 0 Å². The predicted molar refractivity (Wildman–Crippen MR) is 91.9 cm³/mol. The number of fused-ring (bicyclic) bond motifs is 1. The molecule has 1 aromatic carbocycles. The SMILES string of the molecule is CC1=CC=CC(c2ccccc2)=C2C1=CCC2(C)C(C)C. The molecule has 21 heavy (non-hydrogen) atoms. The largest absolute Gasteiger partial charge is 0.0758 e. The Morgan fingerprint density at radius 2 is 1.81 bits per heavy atom. The van der Waals surface area contributed by atoms with E-state index in [0.717, 1.165) is 6.42 Å². The van der Waals surface area contributed by atoms with Crippen molar-refractivity contribution in [3.8, 4) is 0 Å². The number of rotatable bonds is 2. The fourth-order valence-electron chi connectivity index (χ4n) is 3.48. The lowest BCUT2D eigenvalue weighted by molar-refractivity contribution is 0.297. The van der Waals surface area contributed by atoms with Crippen LogP contribution in [0.25, 0.3) is 5.57 Å². The molecule has 0 aliphatic heterocycles. The fourth-order valence-corrected chi connectivity index (χ4v) is 3.48. The quantitative estimate of drug-likeness (QED) is 0.626. The first-order chi connectivity index (χ1) is 10.0. The van der Waals surface area contributed by atoms with Crippen LogP contribution in [-0.2, 0) is 0 Å². The summed E-state index contributed by atoms with van der Waals surface area (Å²) in [6.45, 7) is 9.35.